The van der Waals surface area contributed by atoms with E-state index in [1.54, 1.807) is 13.0 Å². The highest BCUT2D eigenvalue weighted by molar-refractivity contribution is 5.96. The number of pyridine rings is 1. The molecule has 0 aliphatic heterocycles. The van der Waals surface area contributed by atoms with Crippen molar-refractivity contribution >= 4 is 11.6 Å². The van der Waals surface area contributed by atoms with Gasteiger partial charge in [0.1, 0.15) is 0 Å². The summed E-state index contributed by atoms with van der Waals surface area (Å²) in [5.74, 6) is -0.252. The molecule has 1 unspecified atom stereocenters. The fourth-order valence-corrected chi connectivity index (χ4v) is 1.32. The number of carbonyl (C=O) groups is 1. The van der Waals surface area contributed by atoms with Crippen LogP contribution in [0.4, 0.5) is 5.69 Å². The lowest BCUT2D eigenvalue weighted by Gasteiger charge is -2.14. The number of aromatic nitrogens is 1. The zero-order valence-corrected chi connectivity index (χ0v) is 9.53. The molecule has 0 spiro atoms. The second kappa shape index (κ2) is 5.46. The first-order chi connectivity index (χ1) is 7.58. The van der Waals surface area contributed by atoms with E-state index in [2.05, 4.69) is 10.3 Å². The van der Waals surface area contributed by atoms with Crippen molar-refractivity contribution in [3.8, 4) is 0 Å². The van der Waals surface area contributed by atoms with Crippen molar-refractivity contribution in [1.29, 1.82) is 0 Å². The average Bonchev–Trinajstić information content (AvgIpc) is 2.28. The number of aryl methyl sites for hydroxylation is 1. The lowest BCUT2D eigenvalue weighted by molar-refractivity contribution is 0.0914. The highest BCUT2D eigenvalue weighted by Crippen LogP contribution is 2.09. The van der Waals surface area contributed by atoms with Crippen molar-refractivity contribution in [3.63, 3.8) is 0 Å². The van der Waals surface area contributed by atoms with Gasteiger partial charge in [0.25, 0.3) is 5.91 Å². The van der Waals surface area contributed by atoms with Gasteiger partial charge in [-0.2, -0.15) is 0 Å². The Bertz CT molecular complexity index is 375. The minimum Gasteiger partial charge on any atom is -0.397 e. The van der Waals surface area contributed by atoms with E-state index >= 15 is 0 Å². The molecule has 1 heterocycles. The molecule has 0 aliphatic rings. The van der Waals surface area contributed by atoms with Gasteiger partial charge in [0.15, 0.2) is 0 Å². The molecule has 1 rings (SSSR count). The molecule has 0 saturated carbocycles. The summed E-state index contributed by atoms with van der Waals surface area (Å²) in [5, 5.41) is 11.7. The minimum atomic E-state index is -0.252. The number of nitrogens with zero attached hydrogens (tertiary/aromatic N) is 1. The van der Waals surface area contributed by atoms with Crippen LogP contribution in [0, 0.1) is 6.92 Å². The molecule has 0 radical (unpaired) electrons. The van der Waals surface area contributed by atoms with Crippen LogP contribution in [0.25, 0.3) is 0 Å². The number of nitrogen functional groups attached to an aromatic ring is 1. The highest BCUT2D eigenvalue weighted by Gasteiger charge is 2.14. The zero-order valence-electron chi connectivity index (χ0n) is 9.53. The number of amides is 1. The first-order valence-electron chi connectivity index (χ1n) is 5.22. The van der Waals surface area contributed by atoms with Crippen LogP contribution in [0.3, 0.4) is 0 Å². The molecule has 1 aromatic heterocycles. The van der Waals surface area contributed by atoms with Crippen LogP contribution in [0.15, 0.2) is 12.3 Å². The van der Waals surface area contributed by atoms with Gasteiger partial charge in [-0.1, -0.05) is 6.92 Å². The monoisotopic (exact) mass is 223 g/mol. The molecule has 0 aromatic carbocycles. The summed E-state index contributed by atoms with van der Waals surface area (Å²) in [5.41, 5.74) is 7.10. The molecule has 0 saturated heterocycles. The number of aliphatic hydroxyl groups excluding tert-OH is 1. The first kappa shape index (κ1) is 12.4. The van der Waals surface area contributed by atoms with Crippen molar-refractivity contribution in [3.05, 3.63) is 23.5 Å². The van der Waals surface area contributed by atoms with Crippen molar-refractivity contribution < 1.29 is 9.90 Å². The van der Waals surface area contributed by atoms with E-state index < -0.39 is 0 Å². The van der Waals surface area contributed by atoms with Crippen molar-refractivity contribution in [1.82, 2.24) is 10.3 Å². The molecular formula is C11H17N3O2. The molecule has 0 bridgehead atoms. The smallest absolute Gasteiger partial charge is 0.253 e. The summed E-state index contributed by atoms with van der Waals surface area (Å²) in [4.78, 5) is 15.8. The minimum absolute atomic E-state index is 0.0724. The summed E-state index contributed by atoms with van der Waals surface area (Å²) in [6.07, 6.45) is 2.19. The summed E-state index contributed by atoms with van der Waals surface area (Å²) in [6, 6.07) is 1.36. The van der Waals surface area contributed by atoms with Gasteiger partial charge >= 0.3 is 0 Å². The van der Waals surface area contributed by atoms with Crippen molar-refractivity contribution in [2.75, 3.05) is 12.3 Å². The molecule has 0 aliphatic carbocycles. The molecule has 16 heavy (non-hydrogen) atoms. The third-order valence-electron chi connectivity index (χ3n) is 2.40. The third kappa shape index (κ3) is 2.93. The van der Waals surface area contributed by atoms with Crippen LogP contribution in [0.1, 0.15) is 29.4 Å². The molecule has 0 fully saturated rings. The normalized spacial score (nSPS) is 12.2. The van der Waals surface area contributed by atoms with Crippen LogP contribution in [0.2, 0.25) is 0 Å². The molecule has 5 heteroatoms. The zero-order chi connectivity index (χ0) is 12.1. The fraction of sp³-hybridized carbons (Fsp3) is 0.455. The predicted molar refractivity (Wildman–Crippen MR) is 62.0 cm³/mol. The summed E-state index contributed by atoms with van der Waals surface area (Å²) < 4.78 is 0. The van der Waals surface area contributed by atoms with Gasteiger partial charge in [0, 0.05) is 0 Å². The average molecular weight is 223 g/mol. The largest absolute Gasteiger partial charge is 0.397 e. The fourth-order valence-electron chi connectivity index (χ4n) is 1.32. The molecular weight excluding hydrogens is 206 g/mol. The lowest BCUT2D eigenvalue weighted by Crippen LogP contribution is -2.37. The van der Waals surface area contributed by atoms with E-state index in [-0.39, 0.29) is 18.6 Å². The lowest BCUT2D eigenvalue weighted by atomic mass is 10.1. The Balaban J connectivity index is 2.83. The number of nitrogens with one attached hydrogen (secondary N) is 1. The summed E-state index contributed by atoms with van der Waals surface area (Å²) in [6.45, 7) is 3.57. The molecule has 5 nitrogen and oxygen atoms in total. The molecule has 1 aromatic rings. The van der Waals surface area contributed by atoms with Gasteiger partial charge in [-0.05, 0) is 19.4 Å². The maximum Gasteiger partial charge on any atom is 0.253 e. The Kier molecular flexibility index (Phi) is 4.25. The molecule has 4 N–H and O–H groups in total. The van der Waals surface area contributed by atoms with Gasteiger partial charge in [-0.25, -0.2) is 0 Å². The van der Waals surface area contributed by atoms with Crippen molar-refractivity contribution in [2.45, 2.75) is 26.3 Å². The van der Waals surface area contributed by atoms with Crippen LogP contribution in [-0.4, -0.2) is 28.6 Å². The van der Waals surface area contributed by atoms with E-state index in [0.717, 1.165) is 0 Å². The van der Waals surface area contributed by atoms with E-state index in [0.29, 0.717) is 23.4 Å². The highest BCUT2D eigenvalue weighted by atomic mass is 16.3. The number of anilines is 1. The quantitative estimate of drug-likeness (QED) is 0.692. The van der Waals surface area contributed by atoms with E-state index in [1.165, 1.54) is 6.20 Å². The molecule has 1 atom stereocenters. The second-order valence-electron chi connectivity index (χ2n) is 3.66. The number of aliphatic hydroxyl groups is 1. The van der Waals surface area contributed by atoms with Crippen LogP contribution < -0.4 is 11.1 Å². The number of hydrogen-bond acceptors (Lipinski definition) is 4. The Labute approximate surface area is 94.7 Å². The summed E-state index contributed by atoms with van der Waals surface area (Å²) in [7, 11) is 0. The maximum absolute atomic E-state index is 11.8. The Morgan fingerprint density at radius 1 is 1.69 bits per heavy atom. The van der Waals surface area contributed by atoms with E-state index in [1.807, 2.05) is 6.92 Å². The van der Waals surface area contributed by atoms with E-state index in [9.17, 15) is 4.79 Å². The van der Waals surface area contributed by atoms with Gasteiger partial charge in [-0.3, -0.25) is 9.78 Å². The number of carbonyl (C=O) groups excluding carboxylic acids is 1. The SMILES string of the molecule is CCC(CO)NC(=O)c1cc(N)cnc1C. The first-order valence-corrected chi connectivity index (χ1v) is 5.22. The second-order valence-corrected chi connectivity index (χ2v) is 3.66. The van der Waals surface area contributed by atoms with E-state index in [4.69, 9.17) is 10.8 Å². The van der Waals surface area contributed by atoms with Crippen molar-refractivity contribution in [2.24, 2.45) is 0 Å². The van der Waals surface area contributed by atoms with Gasteiger partial charge in [0.2, 0.25) is 0 Å². The molecule has 1 amide bonds. The number of rotatable bonds is 4. The van der Waals surface area contributed by atoms with Gasteiger partial charge in [-0.15, -0.1) is 0 Å². The summed E-state index contributed by atoms with van der Waals surface area (Å²) >= 11 is 0. The Hall–Kier alpha value is -1.62. The predicted octanol–water partition coefficient (Wildman–Crippen LogP) is 0.473. The molecule has 88 valence electrons. The Morgan fingerprint density at radius 2 is 2.38 bits per heavy atom. The number of hydrogen-bond donors (Lipinski definition) is 3. The maximum atomic E-state index is 11.8. The van der Waals surface area contributed by atoms with Crippen LogP contribution >= 0.6 is 0 Å². The van der Waals surface area contributed by atoms with Gasteiger partial charge in [0.05, 0.1) is 35.8 Å². The third-order valence-corrected chi connectivity index (χ3v) is 2.40. The Morgan fingerprint density at radius 3 is 2.94 bits per heavy atom. The van der Waals surface area contributed by atoms with Crippen LogP contribution in [-0.2, 0) is 0 Å². The van der Waals surface area contributed by atoms with Gasteiger partial charge < -0.3 is 16.2 Å². The topological polar surface area (TPSA) is 88.2 Å². The number of nitrogens with two attached hydrogens (primary N) is 1. The van der Waals surface area contributed by atoms with Crippen LogP contribution in [0.5, 0.6) is 0 Å². The standard InChI is InChI=1S/C11H17N3O2/c1-3-9(6-15)14-11(16)10-4-8(12)5-13-7(10)2/h4-5,9,15H,3,6,12H2,1-2H3,(H,14,16).